The first-order valence-electron chi connectivity index (χ1n) is 7.76. The SMILES string of the molecule is Cc1cccc(C)c1N=Nc1sc2c(ccc3ccccc32)c1O. The normalized spacial score (nSPS) is 11.8. The quantitative estimate of drug-likeness (QED) is 0.403. The van der Waals surface area contributed by atoms with Crippen molar-refractivity contribution in [3.63, 3.8) is 0 Å². The van der Waals surface area contributed by atoms with Crippen LogP contribution in [0.15, 0.2) is 64.8 Å². The van der Waals surface area contributed by atoms with Crippen LogP contribution in [-0.2, 0) is 0 Å². The maximum Gasteiger partial charge on any atom is 0.181 e. The van der Waals surface area contributed by atoms with Gasteiger partial charge in [0.25, 0.3) is 0 Å². The highest BCUT2D eigenvalue weighted by Gasteiger charge is 2.13. The molecule has 0 atom stereocenters. The number of hydrogen-bond acceptors (Lipinski definition) is 4. The minimum Gasteiger partial charge on any atom is -0.504 e. The van der Waals surface area contributed by atoms with E-state index in [-0.39, 0.29) is 5.75 Å². The van der Waals surface area contributed by atoms with Crippen LogP contribution in [0.4, 0.5) is 10.7 Å². The highest BCUT2D eigenvalue weighted by Crippen LogP contribution is 2.46. The highest BCUT2D eigenvalue weighted by atomic mass is 32.1. The van der Waals surface area contributed by atoms with Gasteiger partial charge in [-0.05, 0) is 41.8 Å². The van der Waals surface area contributed by atoms with Gasteiger partial charge in [0, 0.05) is 10.1 Å². The molecule has 1 heterocycles. The van der Waals surface area contributed by atoms with Crippen molar-refractivity contribution in [1.29, 1.82) is 0 Å². The third-order valence-corrected chi connectivity index (χ3v) is 5.33. The summed E-state index contributed by atoms with van der Waals surface area (Å²) in [5.74, 6) is 0.204. The van der Waals surface area contributed by atoms with Crippen LogP contribution in [0.2, 0.25) is 0 Å². The molecule has 0 amide bonds. The van der Waals surface area contributed by atoms with E-state index in [0.717, 1.165) is 37.7 Å². The average Bonchev–Trinajstić information content (AvgIpc) is 2.91. The number of rotatable bonds is 2. The van der Waals surface area contributed by atoms with Crippen molar-refractivity contribution in [3.8, 4) is 5.75 Å². The maximum atomic E-state index is 10.5. The highest BCUT2D eigenvalue weighted by molar-refractivity contribution is 7.24. The maximum absolute atomic E-state index is 10.5. The van der Waals surface area contributed by atoms with Crippen LogP contribution in [0, 0.1) is 13.8 Å². The summed E-state index contributed by atoms with van der Waals surface area (Å²) in [4.78, 5) is 0. The predicted octanol–water partition coefficient (Wildman–Crippen LogP) is 6.79. The van der Waals surface area contributed by atoms with Crippen molar-refractivity contribution in [2.24, 2.45) is 10.2 Å². The molecule has 0 saturated heterocycles. The summed E-state index contributed by atoms with van der Waals surface area (Å²) in [6.45, 7) is 4.03. The Morgan fingerprint density at radius 2 is 1.54 bits per heavy atom. The molecule has 0 saturated carbocycles. The zero-order valence-electron chi connectivity index (χ0n) is 13.4. The van der Waals surface area contributed by atoms with Crippen LogP contribution in [0.3, 0.4) is 0 Å². The van der Waals surface area contributed by atoms with Crippen molar-refractivity contribution in [1.82, 2.24) is 0 Å². The third kappa shape index (κ3) is 2.36. The molecule has 3 aromatic carbocycles. The van der Waals surface area contributed by atoms with Gasteiger partial charge in [-0.1, -0.05) is 48.5 Å². The molecule has 0 aliphatic carbocycles. The zero-order chi connectivity index (χ0) is 16.7. The smallest absolute Gasteiger partial charge is 0.181 e. The van der Waals surface area contributed by atoms with E-state index in [1.807, 2.05) is 56.3 Å². The van der Waals surface area contributed by atoms with E-state index in [1.165, 1.54) is 11.3 Å². The second-order valence-electron chi connectivity index (χ2n) is 5.86. The second-order valence-corrected chi connectivity index (χ2v) is 6.86. The van der Waals surface area contributed by atoms with Gasteiger partial charge in [-0.15, -0.1) is 21.6 Å². The summed E-state index contributed by atoms with van der Waals surface area (Å²) in [5, 5.41) is 22.9. The van der Waals surface area contributed by atoms with E-state index in [1.54, 1.807) is 0 Å². The molecule has 4 aromatic rings. The zero-order valence-corrected chi connectivity index (χ0v) is 14.3. The fourth-order valence-corrected chi connectivity index (χ4v) is 3.98. The topological polar surface area (TPSA) is 45.0 Å². The van der Waals surface area contributed by atoms with Gasteiger partial charge >= 0.3 is 0 Å². The average molecular weight is 332 g/mol. The number of hydrogen-bond donors (Lipinski definition) is 1. The Morgan fingerprint density at radius 3 is 2.33 bits per heavy atom. The van der Waals surface area contributed by atoms with Gasteiger partial charge in [-0.2, -0.15) is 0 Å². The Bertz CT molecular complexity index is 1080. The summed E-state index contributed by atoms with van der Waals surface area (Å²) in [5.41, 5.74) is 3.01. The lowest BCUT2D eigenvalue weighted by Gasteiger charge is -2.01. The lowest BCUT2D eigenvalue weighted by atomic mass is 10.1. The number of aryl methyl sites for hydroxylation is 2. The summed E-state index contributed by atoms with van der Waals surface area (Å²) < 4.78 is 1.04. The molecule has 4 rings (SSSR count). The van der Waals surface area contributed by atoms with Gasteiger partial charge in [0.15, 0.2) is 10.8 Å². The number of thiophene rings is 1. The van der Waals surface area contributed by atoms with E-state index >= 15 is 0 Å². The van der Waals surface area contributed by atoms with Gasteiger partial charge in [0.2, 0.25) is 0 Å². The van der Waals surface area contributed by atoms with Gasteiger partial charge < -0.3 is 5.11 Å². The molecule has 1 N–H and O–H groups in total. The molecule has 0 aliphatic heterocycles. The minimum absolute atomic E-state index is 0.204. The minimum atomic E-state index is 0.204. The predicted molar refractivity (Wildman–Crippen MR) is 101 cm³/mol. The molecule has 24 heavy (non-hydrogen) atoms. The number of azo groups is 1. The molecule has 0 bridgehead atoms. The molecule has 3 nitrogen and oxygen atoms in total. The van der Waals surface area contributed by atoms with Gasteiger partial charge in [-0.25, -0.2) is 0 Å². The number of benzene rings is 3. The van der Waals surface area contributed by atoms with Crippen molar-refractivity contribution < 1.29 is 5.11 Å². The fourth-order valence-electron chi connectivity index (χ4n) is 2.93. The largest absolute Gasteiger partial charge is 0.504 e. The molecular weight excluding hydrogens is 316 g/mol. The van der Waals surface area contributed by atoms with Crippen molar-refractivity contribution in [2.45, 2.75) is 13.8 Å². The molecule has 0 aliphatic rings. The summed E-state index contributed by atoms with van der Waals surface area (Å²) in [7, 11) is 0. The van der Waals surface area contributed by atoms with Gasteiger partial charge in [-0.3, -0.25) is 0 Å². The van der Waals surface area contributed by atoms with Crippen molar-refractivity contribution in [3.05, 3.63) is 65.7 Å². The summed E-state index contributed by atoms with van der Waals surface area (Å²) in [6, 6.07) is 18.2. The molecule has 0 radical (unpaired) electrons. The van der Waals surface area contributed by atoms with Crippen LogP contribution in [0.25, 0.3) is 20.9 Å². The first-order chi connectivity index (χ1) is 11.6. The van der Waals surface area contributed by atoms with E-state index in [4.69, 9.17) is 0 Å². The number of aromatic hydroxyl groups is 1. The lowest BCUT2D eigenvalue weighted by molar-refractivity contribution is 0.484. The molecular formula is C20H16N2OS. The molecule has 0 unspecified atom stereocenters. The van der Waals surface area contributed by atoms with Crippen LogP contribution < -0.4 is 0 Å². The van der Waals surface area contributed by atoms with Crippen LogP contribution in [0.5, 0.6) is 5.75 Å². The molecule has 0 spiro atoms. The van der Waals surface area contributed by atoms with E-state index in [0.29, 0.717) is 5.00 Å². The first-order valence-corrected chi connectivity index (χ1v) is 8.58. The third-order valence-electron chi connectivity index (χ3n) is 4.22. The Morgan fingerprint density at radius 1 is 0.792 bits per heavy atom. The first kappa shape index (κ1) is 14.8. The van der Waals surface area contributed by atoms with Gasteiger partial charge in [0.1, 0.15) is 0 Å². The fraction of sp³-hybridized carbons (Fsp3) is 0.100. The van der Waals surface area contributed by atoms with E-state index < -0.39 is 0 Å². The monoisotopic (exact) mass is 332 g/mol. The Labute approximate surface area is 143 Å². The molecule has 118 valence electrons. The molecule has 1 aromatic heterocycles. The number of nitrogens with zero attached hydrogens (tertiary/aromatic N) is 2. The van der Waals surface area contributed by atoms with Gasteiger partial charge in [0.05, 0.1) is 5.69 Å². The van der Waals surface area contributed by atoms with Crippen LogP contribution in [-0.4, -0.2) is 5.11 Å². The number of fused-ring (bicyclic) bond motifs is 3. The van der Waals surface area contributed by atoms with E-state index in [9.17, 15) is 5.11 Å². The molecule has 0 fully saturated rings. The van der Waals surface area contributed by atoms with E-state index in [2.05, 4.69) is 22.4 Å². The Hall–Kier alpha value is -2.72. The Kier molecular flexibility index (Phi) is 3.54. The lowest BCUT2D eigenvalue weighted by Crippen LogP contribution is -1.77. The van der Waals surface area contributed by atoms with Crippen molar-refractivity contribution in [2.75, 3.05) is 0 Å². The summed E-state index contributed by atoms with van der Waals surface area (Å²) >= 11 is 1.47. The standard InChI is InChI=1S/C20H16N2OS/c1-12-6-5-7-13(2)17(12)21-22-20-18(23)16-11-10-14-8-3-4-9-15(14)19(16)24-20/h3-11,23H,1-2H3. The molecule has 4 heteroatoms. The summed E-state index contributed by atoms with van der Waals surface area (Å²) in [6.07, 6.45) is 0. The second kappa shape index (κ2) is 5.73. The van der Waals surface area contributed by atoms with Crippen molar-refractivity contribution >= 4 is 42.9 Å². The van der Waals surface area contributed by atoms with Crippen LogP contribution >= 0.6 is 11.3 Å². The Balaban J connectivity index is 1.87. The van der Waals surface area contributed by atoms with Crippen LogP contribution in [0.1, 0.15) is 11.1 Å².